The van der Waals surface area contributed by atoms with Crippen LogP contribution >= 0.6 is 0 Å². The Hall–Kier alpha value is -1.89. The van der Waals surface area contributed by atoms with E-state index in [0.29, 0.717) is 5.92 Å². The number of ketones is 1. The molecule has 172 valence electrons. The van der Waals surface area contributed by atoms with Gasteiger partial charge in [-0.15, -0.1) is 6.58 Å². The molecule has 2 unspecified atom stereocenters. The van der Waals surface area contributed by atoms with E-state index < -0.39 is 41.6 Å². The van der Waals surface area contributed by atoms with Crippen LogP contribution in [0.15, 0.2) is 12.7 Å². The topological polar surface area (TPSA) is 102 Å². The van der Waals surface area contributed by atoms with Crippen molar-refractivity contribution in [1.82, 2.24) is 5.32 Å². The summed E-state index contributed by atoms with van der Waals surface area (Å²) in [6.45, 7) is 13.0. The highest BCUT2D eigenvalue weighted by molar-refractivity contribution is 5.93. The summed E-state index contributed by atoms with van der Waals surface area (Å²) in [5.74, 6) is -1.99. The third-order valence-electron chi connectivity index (χ3n) is 5.59. The number of esters is 1. The number of rotatable bonds is 10. The van der Waals surface area contributed by atoms with Crippen molar-refractivity contribution in [2.45, 2.75) is 84.5 Å². The molecular formula is C23H39NO6. The van der Waals surface area contributed by atoms with Crippen LogP contribution in [0.1, 0.15) is 66.7 Å². The van der Waals surface area contributed by atoms with E-state index in [1.54, 1.807) is 20.8 Å². The zero-order valence-electron chi connectivity index (χ0n) is 19.3. The molecule has 1 fully saturated rings. The van der Waals surface area contributed by atoms with E-state index in [2.05, 4.69) is 18.8 Å². The Kier molecular flexibility index (Phi) is 10.0. The lowest BCUT2D eigenvalue weighted by Gasteiger charge is -2.30. The van der Waals surface area contributed by atoms with Crippen molar-refractivity contribution >= 4 is 17.8 Å². The molecule has 7 heteroatoms. The summed E-state index contributed by atoms with van der Waals surface area (Å²) in [5.41, 5.74) is -0.698. The predicted molar refractivity (Wildman–Crippen MR) is 115 cm³/mol. The number of hydrogen-bond donors (Lipinski definition) is 2. The number of methoxy groups -OCH3 is 1. The Labute approximate surface area is 180 Å². The van der Waals surface area contributed by atoms with Gasteiger partial charge in [-0.3, -0.25) is 9.59 Å². The normalized spacial score (nSPS) is 24.4. The fourth-order valence-electron chi connectivity index (χ4n) is 4.19. The quantitative estimate of drug-likeness (QED) is 0.409. The molecule has 0 aromatic carbocycles. The Morgan fingerprint density at radius 1 is 1.20 bits per heavy atom. The molecule has 0 heterocycles. The van der Waals surface area contributed by atoms with Gasteiger partial charge in [-0.05, 0) is 64.7 Å². The minimum absolute atomic E-state index is 0.166. The highest BCUT2D eigenvalue weighted by Gasteiger charge is 2.46. The third-order valence-corrected chi connectivity index (χ3v) is 5.59. The molecule has 1 aliphatic carbocycles. The number of alkyl carbamates (subject to hydrolysis) is 1. The first-order valence-corrected chi connectivity index (χ1v) is 10.8. The minimum atomic E-state index is -0.812. The number of aliphatic hydroxyl groups is 1. The van der Waals surface area contributed by atoms with Gasteiger partial charge in [-0.1, -0.05) is 19.9 Å². The van der Waals surface area contributed by atoms with E-state index in [4.69, 9.17) is 9.47 Å². The van der Waals surface area contributed by atoms with Crippen LogP contribution in [0.25, 0.3) is 0 Å². The van der Waals surface area contributed by atoms with Crippen LogP contribution in [0, 0.1) is 23.7 Å². The Morgan fingerprint density at radius 2 is 1.80 bits per heavy atom. The van der Waals surface area contributed by atoms with Gasteiger partial charge in [0.1, 0.15) is 5.60 Å². The summed E-state index contributed by atoms with van der Waals surface area (Å²) in [7, 11) is 1.27. The smallest absolute Gasteiger partial charge is 0.408 e. The third kappa shape index (κ3) is 8.09. The Bertz CT molecular complexity index is 611. The van der Waals surface area contributed by atoms with Gasteiger partial charge in [-0.2, -0.15) is 0 Å². The summed E-state index contributed by atoms with van der Waals surface area (Å²) in [5, 5.41) is 12.8. The number of amides is 1. The number of carbonyl (C=O) groups is 3. The van der Waals surface area contributed by atoms with E-state index in [-0.39, 0.29) is 24.5 Å². The van der Waals surface area contributed by atoms with Gasteiger partial charge in [0.05, 0.1) is 25.2 Å². The Morgan fingerprint density at radius 3 is 2.33 bits per heavy atom. The minimum Gasteiger partial charge on any atom is -0.469 e. The number of aliphatic hydroxyl groups excluding tert-OH is 1. The molecular weight excluding hydrogens is 386 g/mol. The van der Waals surface area contributed by atoms with E-state index in [0.717, 1.165) is 19.3 Å². The molecule has 0 aromatic rings. The monoisotopic (exact) mass is 425 g/mol. The summed E-state index contributed by atoms with van der Waals surface area (Å²) in [6, 6.07) is -0.812. The summed E-state index contributed by atoms with van der Waals surface area (Å²) >= 11 is 0. The maximum absolute atomic E-state index is 13.5. The van der Waals surface area contributed by atoms with Crippen molar-refractivity contribution in [3.8, 4) is 0 Å². The fraction of sp³-hybridized carbons (Fsp3) is 0.783. The van der Waals surface area contributed by atoms with Crippen molar-refractivity contribution in [1.29, 1.82) is 0 Å². The number of Topliss-reactive ketones (excluding diaryl/α,β-unsaturated/α-hetero) is 1. The molecule has 0 bridgehead atoms. The highest BCUT2D eigenvalue weighted by Crippen LogP contribution is 2.36. The second-order valence-corrected chi connectivity index (χ2v) is 9.57. The van der Waals surface area contributed by atoms with Crippen LogP contribution in [0.2, 0.25) is 0 Å². The largest absolute Gasteiger partial charge is 0.469 e. The molecule has 1 saturated carbocycles. The Balaban J connectivity index is 3.05. The lowest BCUT2D eigenvalue weighted by Crippen LogP contribution is -2.50. The van der Waals surface area contributed by atoms with E-state index in [1.165, 1.54) is 7.11 Å². The standard InChI is InChI=1S/C23H39NO6/c1-8-9-10-14(2)11-15(3)19(24-22(28)30-23(4,5)6)20(26)17-12-16(25)13-18(17)21(27)29-7/h8,14-19,25H,1,9-13H2,2-7H3,(H,24,28)/t14?,15-,16+,17?,18-,19+/m1/s1. The molecule has 0 aliphatic heterocycles. The van der Waals surface area contributed by atoms with Gasteiger partial charge in [-0.25, -0.2) is 4.79 Å². The molecule has 0 aromatic heterocycles. The van der Waals surface area contributed by atoms with Gasteiger partial charge < -0.3 is 19.9 Å². The van der Waals surface area contributed by atoms with Crippen LogP contribution in [0.4, 0.5) is 4.79 Å². The average molecular weight is 426 g/mol. The zero-order chi connectivity index (χ0) is 23.1. The second-order valence-electron chi connectivity index (χ2n) is 9.57. The van der Waals surface area contributed by atoms with Gasteiger partial charge in [0.25, 0.3) is 0 Å². The molecule has 0 spiro atoms. The molecule has 1 amide bonds. The molecule has 2 N–H and O–H groups in total. The first-order valence-electron chi connectivity index (χ1n) is 10.8. The molecule has 1 rings (SSSR count). The lowest BCUT2D eigenvalue weighted by molar-refractivity contribution is -0.149. The number of ether oxygens (including phenoxy) is 2. The van der Waals surface area contributed by atoms with Crippen molar-refractivity contribution in [2.75, 3.05) is 7.11 Å². The second kappa shape index (κ2) is 11.5. The first-order chi connectivity index (χ1) is 13.9. The van der Waals surface area contributed by atoms with Gasteiger partial charge in [0.2, 0.25) is 0 Å². The number of nitrogens with one attached hydrogen (secondary N) is 1. The lowest BCUT2D eigenvalue weighted by atomic mass is 9.80. The van der Waals surface area contributed by atoms with Crippen molar-refractivity contribution in [3.05, 3.63) is 12.7 Å². The highest BCUT2D eigenvalue weighted by atomic mass is 16.6. The van der Waals surface area contributed by atoms with Crippen molar-refractivity contribution < 1.29 is 29.0 Å². The maximum Gasteiger partial charge on any atom is 0.408 e. The number of allylic oxidation sites excluding steroid dienone is 1. The molecule has 30 heavy (non-hydrogen) atoms. The van der Waals surface area contributed by atoms with Crippen molar-refractivity contribution in [2.24, 2.45) is 23.7 Å². The van der Waals surface area contributed by atoms with Gasteiger partial charge in [0.15, 0.2) is 5.78 Å². The van der Waals surface area contributed by atoms with Crippen LogP contribution in [0.5, 0.6) is 0 Å². The van der Waals surface area contributed by atoms with Gasteiger partial charge in [0, 0.05) is 5.92 Å². The number of hydrogen-bond acceptors (Lipinski definition) is 6. The average Bonchev–Trinajstić information content (AvgIpc) is 3.03. The molecule has 0 radical (unpaired) electrons. The molecule has 7 nitrogen and oxygen atoms in total. The van der Waals surface area contributed by atoms with Crippen LogP contribution in [0.3, 0.4) is 0 Å². The van der Waals surface area contributed by atoms with Crippen LogP contribution in [-0.4, -0.2) is 47.8 Å². The number of carbonyl (C=O) groups excluding carboxylic acids is 3. The van der Waals surface area contributed by atoms with Crippen molar-refractivity contribution in [3.63, 3.8) is 0 Å². The van der Waals surface area contributed by atoms with E-state index in [9.17, 15) is 19.5 Å². The van der Waals surface area contributed by atoms with E-state index in [1.807, 2.05) is 13.0 Å². The van der Waals surface area contributed by atoms with Crippen LogP contribution in [-0.2, 0) is 19.1 Å². The zero-order valence-corrected chi connectivity index (χ0v) is 19.3. The van der Waals surface area contributed by atoms with Gasteiger partial charge >= 0.3 is 12.1 Å². The van der Waals surface area contributed by atoms with Crippen LogP contribution < -0.4 is 5.32 Å². The summed E-state index contributed by atoms with van der Waals surface area (Å²) in [6.07, 6.45) is 3.36. The summed E-state index contributed by atoms with van der Waals surface area (Å²) in [4.78, 5) is 38.1. The first kappa shape index (κ1) is 26.1. The molecule has 1 aliphatic rings. The van der Waals surface area contributed by atoms with E-state index >= 15 is 0 Å². The predicted octanol–water partition coefficient (Wildman–Crippen LogP) is 3.64. The molecule has 0 saturated heterocycles. The maximum atomic E-state index is 13.5. The fourth-order valence-corrected chi connectivity index (χ4v) is 4.19. The SMILES string of the molecule is C=CCCC(C)C[C@@H](C)[C@H](NC(=O)OC(C)(C)C)C(=O)C1C[C@H](O)C[C@H]1C(=O)OC. The molecule has 6 atom stereocenters. The summed E-state index contributed by atoms with van der Waals surface area (Å²) < 4.78 is 10.2.